The molecule has 0 unspecified atom stereocenters. The van der Waals surface area contributed by atoms with Crippen molar-refractivity contribution in [3.05, 3.63) is 88.5 Å². The first kappa shape index (κ1) is 23.7. The van der Waals surface area contributed by atoms with E-state index in [1.54, 1.807) is 24.0 Å². The van der Waals surface area contributed by atoms with Gasteiger partial charge in [-0.3, -0.25) is 9.59 Å². The summed E-state index contributed by atoms with van der Waals surface area (Å²) in [5.41, 5.74) is 5.34. The molecule has 0 bridgehead atoms. The van der Waals surface area contributed by atoms with Crippen LogP contribution >= 0.6 is 0 Å². The van der Waals surface area contributed by atoms with Crippen LogP contribution in [0.15, 0.2) is 65.6 Å². The Kier molecular flexibility index (Phi) is 6.54. The van der Waals surface area contributed by atoms with E-state index in [0.29, 0.717) is 18.5 Å². The van der Waals surface area contributed by atoms with Gasteiger partial charge in [0.05, 0.1) is 5.69 Å². The summed E-state index contributed by atoms with van der Waals surface area (Å²) < 4.78 is 28.6. The van der Waals surface area contributed by atoms with Gasteiger partial charge in [0.15, 0.2) is 0 Å². The number of nitrogens with zero attached hydrogens (tertiary/aromatic N) is 1. The standard InChI is InChI=1S/C26H27N3O4S/c1-17-5-4-6-22(13-17)26(31)29-12-11-21-15-20(8-10-24(21)29)16-27-34(32,33)25-14-18(2)7-9-23(25)28-19(3)30/h4-10,13-15,27H,11-12,16H2,1-3H3,(H,28,30). The lowest BCUT2D eigenvalue weighted by atomic mass is 10.1. The first-order chi connectivity index (χ1) is 16.1. The van der Waals surface area contributed by atoms with Gasteiger partial charge in [-0.05, 0) is 67.3 Å². The summed E-state index contributed by atoms with van der Waals surface area (Å²) in [4.78, 5) is 26.3. The van der Waals surface area contributed by atoms with E-state index in [-0.39, 0.29) is 28.9 Å². The zero-order chi connectivity index (χ0) is 24.5. The third-order valence-electron chi connectivity index (χ3n) is 5.75. The molecule has 0 saturated heterocycles. The number of nitrogens with one attached hydrogen (secondary N) is 2. The maximum absolute atomic E-state index is 13.0. The number of carbonyl (C=O) groups is 2. The number of hydrogen-bond donors (Lipinski definition) is 2. The molecule has 0 radical (unpaired) electrons. The van der Waals surface area contributed by atoms with Crippen LogP contribution in [0, 0.1) is 13.8 Å². The number of amides is 2. The number of hydrogen-bond acceptors (Lipinski definition) is 4. The number of rotatable bonds is 6. The molecule has 0 saturated carbocycles. The molecule has 0 fully saturated rings. The largest absolute Gasteiger partial charge is 0.325 e. The Hall–Kier alpha value is -3.49. The molecular weight excluding hydrogens is 450 g/mol. The lowest BCUT2D eigenvalue weighted by Gasteiger charge is -2.18. The van der Waals surface area contributed by atoms with Crippen molar-refractivity contribution in [1.29, 1.82) is 0 Å². The number of benzene rings is 3. The molecule has 0 aliphatic carbocycles. The Morgan fingerprint density at radius 1 is 0.971 bits per heavy atom. The van der Waals surface area contributed by atoms with Crippen LogP contribution in [0.5, 0.6) is 0 Å². The van der Waals surface area contributed by atoms with E-state index in [1.165, 1.54) is 13.0 Å². The summed E-state index contributed by atoms with van der Waals surface area (Å²) in [6.45, 7) is 5.76. The normalized spacial score (nSPS) is 13.0. The average Bonchev–Trinajstić information content (AvgIpc) is 3.21. The van der Waals surface area contributed by atoms with Crippen LogP contribution in [0.2, 0.25) is 0 Å². The molecule has 34 heavy (non-hydrogen) atoms. The van der Waals surface area contributed by atoms with Crippen LogP contribution in [-0.4, -0.2) is 26.8 Å². The molecule has 1 aliphatic rings. The number of carbonyl (C=O) groups excluding carboxylic acids is 2. The number of sulfonamides is 1. The van der Waals surface area contributed by atoms with Gasteiger partial charge in [0, 0.05) is 31.3 Å². The van der Waals surface area contributed by atoms with Crippen molar-refractivity contribution in [2.75, 3.05) is 16.8 Å². The SMILES string of the molecule is CC(=O)Nc1ccc(C)cc1S(=O)(=O)NCc1ccc2c(c1)CCN2C(=O)c1cccc(C)c1. The van der Waals surface area contributed by atoms with E-state index in [4.69, 9.17) is 0 Å². The highest BCUT2D eigenvalue weighted by atomic mass is 32.2. The zero-order valence-electron chi connectivity index (χ0n) is 19.4. The summed E-state index contributed by atoms with van der Waals surface area (Å²) in [5.74, 6) is -0.385. The number of anilines is 2. The maximum Gasteiger partial charge on any atom is 0.258 e. The fourth-order valence-corrected chi connectivity index (χ4v) is 5.37. The molecule has 3 aromatic carbocycles. The molecule has 0 spiro atoms. The van der Waals surface area contributed by atoms with Gasteiger partial charge in [-0.25, -0.2) is 13.1 Å². The topological polar surface area (TPSA) is 95.6 Å². The minimum atomic E-state index is -3.86. The minimum absolute atomic E-state index is 0.0267. The Morgan fingerprint density at radius 2 is 1.74 bits per heavy atom. The highest BCUT2D eigenvalue weighted by Crippen LogP contribution is 2.31. The van der Waals surface area contributed by atoms with E-state index < -0.39 is 10.0 Å². The lowest BCUT2D eigenvalue weighted by molar-refractivity contribution is -0.114. The Labute approximate surface area is 199 Å². The van der Waals surface area contributed by atoms with E-state index in [1.807, 2.05) is 49.4 Å². The number of aryl methyl sites for hydroxylation is 2. The van der Waals surface area contributed by atoms with E-state index in [0.717, 1.165) is 27.9 Å². The minimum Gasteiger partial charge on any atom is -0.325 e. The van der Waals surface area contributed by atoms with E-state index in [2.05, 4.69) is 10.0 Å². The second-order valence-corrected chi connectivity index (χ2v) is 10.3. The third-order valence-corrected chi connectivity index (χ3v) is 7.19. The highest BCUT2D eigenvalue weighted by Gasteiger charge is 2.26. The van der Waals surface area contributed by atoms with Crippen molar-refractivity contribution in [2.24, 2.45) is 0 Å². The average molecular weight is 478 g/mol. The molecule has 1 aliphatic heterocycles. The van der Waals surface area contributed by atoms with Crippen molar-refractivity contribution in [2.45, 2.75) is 38.6 Å². The van der Waals surface area contributed by atoms with E-state index in [9.17, 15) is 18.0 Å². The van der Waals surface area contributed by atoms with Crippen LogP contribution in [0.25, 0.3) is 0 Å². The fourth-order valence-electron chi connectivity index (χ4n) is 4.11. The van der Waals surface area contributed by atoms with Crippen LogP contribution in [0.1, 0.15) is 39.5 Å². The van der Waals surface area contributed by atoms with Gasteiger partial charge < -0.3 is 10.2 Å². The van der Waals surface area contributed by atoms with Gasteiger partial charge in [0.25, 0.3) is 5.91 Å². The summed E-state index contributed by atoms with van der Waals surface area (Å²) in [7, 11) is -3.86. The molecule has 7 nitrogen and oxygen atoms in total. The van der Waals surface area contributed by atoms with Gasteiger partial charge in [0.1, 0.15) is 4.90 Å². The molecular formula is C26H27N3O4S. The molecule has 0 atom stereocenters. The molecule has 1 heterocycles. The van der Waals surface area contributed by atoms with Crippen molar-refractivity contribution >= 4 is 33.2 Å². The molecule has 2 N–H and O–H groups in total. The highest BCUT2D eigenvalue weighted by molar-refractivity contribution is 7.89. The van der Waals surface area contributed by atoms with Gasteiger partial charge in [-0.1, -0.05) is 35.9 Å². The third kappa shape index (κ3) is 5.03. The smallest absolute Gasteiger partial charge is 0.258 e. The second kappa shape index (κ2) is 9.40. The summed E-state index contributed by atoms with van der Waals surface area (Å²) in [6, 6.07) is 18.0. The predicted molar refractivity (Wildman–Crippen MR) is 133 cm³/mol. The maximum atomic E-state index is 13.0. The number of fused-ring (bicyclic) bond motifs is 1. The Balaban J connectivity index is 1.51. The fraction of sp³-hybridized carbons (Fsp3) is 0.231. The molecule has 4 rings (SSSR count). The van der Waals surface area contributed by atoms with Crippen LogP contribution < -0.4 is 14.9 Å². The quantitative estimate of drug-likeness (QED) is 0.562. The Morgan fingerprint density at radius 3 is 2.47 bits per heavy atom. The van der Waals surface area contributed by atoms with Crippen molar-refractivity contribution in [3.8, 4) is 0 Å². The van der Waals surface area contributed by atoms with Gasteiger partial charge >= 0.3 is 0 Å². The van der Waals surface area contributed by atoms with Gasteiger partial charge in [0.2, 0.25) is 15.9 Å². The van der Waals surface area contributed by atoms with Crippen molar-refractivity contribution < 1.29 is 18.0 Å². The molecule has 176 valence electrons. The lowest BCUT2D eigenvalue weighted by Crippen LogP contribution is -2.28. The second-order valence-electron chi connectivity index (χ2n) is 8.54. The molecule has 3 aromatic rings. The van der Waals surface area contributed by atoms with Crippen molar-refractivity contribution in [3.63, 3.8) is 0 Å². The van der Waals surface area contributed by atoms with Crippen LogP contribution in [0.3, 0.4) is 0 Å². The van der Waals surface area contributed by atoms with Gasteiger partial charge in [-0.15, -0.1) is 0 Å². The first-order valence-electron chi connectivity index (χ1n) is 11.0. The first-order valence-corrected chi connectivity index (χ1v) is 12.5. The zero-order valence-corrected chi connectivity index (χ0v) is 20.2. The summed E-state index contributed by atoms with van der Waals surface area (Å²) in [6.07, 6.45) is 0.706. The summed E-state index contributed by atoms with van der Waals surface area (Å²) >= 11 is 0. The summed E-state index contributed by atoms with van der Waals surface area (Å²) in [5, 5.41) is 2.58. The molecule has 0 aromatic heterocycles. The van der Waals surface area contributed by atoms with Crippen LogP contribution in [-0.2, 0) is 27.8 Å². The van der Waals surface area contributed by atoms with E-state index >= 15 is 0 Å². The molecule has 8 heteroatoms. The Bertz CT molecular complexity index is 1380. The van der Waals surface area contributed by atoms with Crippen LogP contribution in [0.4, 0.5) is 11.4 Å². The van der Waals surface area contributed by atoms with Crippen molar-refractivity contribution in [1.82, 2.24) is 4.72 Å². The van der Waals surface area contributed by atoms with Gasteiger partial charge in [-0.2, -0.15) is 0 Å². The monoisotopic (exact) mass is 477 g/mol. The predicted octanol–water partition coefficient (Wildman–Crippen LogP) is 3.94. The molecule has 2 amide bonds.